The minimum Gasteiger partial charge on any atom is -0.392 e. The molecule has 0 saturated carbocycles. The molecule has 0 saturated heterocycles. The summed E-state index contributed by atoms with van der Waals surface area (Å²) in [6.07, 6.45) is 0. The first kappa shape index (κ1) is 8.52. The predicted molar refractivity (Wildman–Crippen MR) is 47.9 cm³/mol. The van der Waals surface area contributed by atoms with Crippen LogP contribution in [0.5, 0.6) is 0 Å². The number of benzene rings is 1. The van der Waals surface area contributed by atoms with Crippen LogP contribution in [0.25, 0.3) is 0 Å². The van der Waals surface area contributed by atoms with Crippen molar-refractivity contribution < 1.29 is 5.11 Å². The Morgan fingerprint density at radius 2 is 2.18 bits per heavy atom. The Hall–Kier alpha value is -0.580. The maximum atomic E-state index is 8.79. The summed E-state index contributed by atoms with van der Waals surface area (Å²) in [5.41, 5.74) is 4.11. The van der Waals surface area contributed by atoms with Gasteiger partial charge in [0.2, 0.25) is 0 Å². The van der Waals surface area contributed by atoms with Crippen LogP contribution < -0.4 is 11.3 Å². The third kappa shape index (κ3) is 2.18. The van der Waals surface area contributed by atoms with Gasteiger partial charge in [0.1, 0.15) is 0 Å². The molecular weight excluding hydrogens is 208 g/mol. The van der Waals surface area contributed by atoms with Crippen molar-refractivity contribution in [1.82, 2.24) is 0 Å². The molecular formula is C7H9BrN2O. The fraction of sp³-hybridized carbons (Fsp3) is 0.143. The molecule has 11 heavy (non-hydrogen) atoms. The van der Waals surface area contributed by atoms with E-state index in [1.165, 1.54) is 0 Å². The number of nitrogens with two attached hydrogens (primary N) is 1. The van der Waals surface area contributed by atoms with Crippen molar-refractivity contribution in [3.05, 3.63) is 28.2 Å². The molecule has 1 aromatic carbocycles. The molecule has 1 aromatic rings. The zero-order valence-corrected chi connectivity index (χ0v) is 7.43. The molecule has 4 N–H and O–H groups in total. The Balaban J connectivity index is 3.02. The zero-order chi connectivity index (χ0) is 8.27. The molecule has 0 bridgehead atoms. The smallest absolute Gasteiger partial charge is 0.0683 e. The number of aliphatic hydroxyl groups is 1. The van der Waals surface area contributed by atoms with Crippen molar-refractivity contribution in [2.75, 3.05) is 5.43 Å². The number of nitrogens with one attached hydrogen (secondary N) is 1. The molecule has 1 rings (SSSR count). The van der Waals surface area contributed by atoms with Crippen LogP contribution in [0.4, 0.5) is 5.69 Å². The Morgan fingerprint density at radius 3 is 2.73 bits per heavy atom. The SMILES string of the molecule is NNc1cc(Br)cc(CO)c1. The van der Waals surface area contributed by atoms with Gasteiger partial charge in [-0.05, 0) is 23.8 Å². The summed E-state index contributed by atoms with van der Waals surface area (Å²) in [7, 11) is 0. The minimum absolute atomic E-state index is 0.0219. The Bertz CT molecular complexity index is 230. The van der Waals surface area contributed by atoms with Crippen LogP contribution in [0.1, 0.15) is 5.56 Å². The lowest BCUT2D eigenvalue weighted by atomic mass is 10.2. The van der Waals surface area contributed by atoms with Crippen LogP contribution in [0.3, 0.4) is 0 Å². The molecule has 0 unspecified atom stereocenters. The second kappa shape index (κ2) is 3.71. The van der Waals surface area contributed by atoms with Crippen molar-refractivity contribution in [3.63, 3.8) is 0 Å². The van der Waals surface area contributed by atoms with Crippen LogP contribution in [0, 0.1) is 0 Å². The number of aliphatic hydroxyl groups excluding tert-OH is 1. The minimum atomic E-state index is 0.0219. The van der Waals surface area contributed by atoms with E-state index >= 15 is 0 Å². The van der Waals surface area contributed by atoms with Gasteiger partial charge in [-0.2, -0.15) is 0 Å². The summed E-state index contributed by atoms with van der Waals surface area (Å²) in [4.78, 5) is 0. The van der Waals surface area contributed by atoms with Crippen molar-refractivity contribution in [2.45, 2.75) is 6.61 Å². The van der Waals surface area contributed by atoms with Gasteiger partial charge in [0.25, 0.3) is 0 Å². The Morgan fingerprint density at radius 1 is 1.45 bits per heavy atom. The number of anilines is 1. The molecule has 0 radical (unpaired) electrons. The van der Waals surface area contributed by atoms with E-state index in [1.54, 1.807) is 6.07 Å². The van der Waals surface area contributed by atoms with E-state index in [4.69, 9.17) is 10.9 Å². The van der Waals surface area contributed by atoms with Crippen molar-refractivity contribution in [2.24, 2.45) is 5.84 Å². The summed E-state index contributed by atoms with van der Waals surface area (Å²) in [6, 6.07) is 5.45. The molecule has 4 heteroatoms. The molecule has 0 fully saturated rings. The second-order valence-corrected chi connectivity index (χ2v) is 3.07. The van der Waals surface area contributed by atoms with Crippen molar-refractivity contribution in [1.29, 1.82) is 0 Å². The van der Waals surface area contributed by atoms with Gasteiger partial charge < -0.3 is 10.5 Å². The molecule has 0 aliphatic rings. The number of hydrogen-bond donors (Lipinski definition) is 3. The third-order valence-corrected chi connectivity index (χ3v) is 1.76. The average molecular weight is 217 g/mol. The number of nitrogen functional groups attached to an aromatic ring is 1. The monoisotopic (exact) mass is 216 g/mol. The highest BCUT2D eigenvalue weighted by atomic mass is 79.9. The van der Waals surface area contributed by atoms with Gasteiger partial charge in [0, 0.05) is 10.2 Å². The number of rotatable bonds is 2. The van der Waals surface area contributed by atoms with Gasteiger partial charge >= 0.3 is 0 Å². The summed E-state index contributed by atoms with van der Waals surface area (Å²) >= 11 is 3.29. The van der Waals surface area contributed by atoms with Gasteiger partial charge in [-0.1, -0.05) is 15.9 Å². The van der Waals surface area contributed by atoms with Gasteiger partial charge in [-0.15, -0.1) is 0 Å². The highest BCUT2D eigenvalue weighted by Crippen LogP contribution is 2.18. The standard InChI is InChI=1S/C7H9BrN2O/c8-6-1-5(4-11)2-7(3-6)10-9/h1-3,10-11H,4,9H2. The largest absolute Gasteiger partial charge is 0.392 e. The topological polar surface area (TPSA) is 58.3 Å². The van der Waals surface area contributed by atoms with E-state index in [9.17, 15) is 0 Å². The fourth-order valence-corrected chi connectivity index (χ4v) is 1.37. The predicted octanol–water partition coefficient (Wildman–Crippen LogP) is 1.23. The van der Waals surface area contributed by atoms with Crippen LogP contribution in [-0.4, -0.2) is 5.11 Å². The Labute approximate surface area is 73.3 Å². The van der Waals surface area contributed by atoms with Gasteiger partial charge in [0.05, 0.1) is 6.61 Å². The van der Waals surface area contributed by atoms with E-state index in [1.807, 2.05) is 12.1 Å². The molecule has 0 spiro atoms. The molecule has 0 aromatic heterocycles. The van der Waals surface area contributed by atoms with E-state index in [0.717, 1.165) is 15.7 Å². The lowest BCUT2D eigenvalue weighted by Crippen LogP contribution is -2.06. The first-order valence-electron chi connectivity index (χ1n) is 3.13. The lowest BCUT2D eigenvalue weighted by molar-refractivity contribution is 0.282. The fourth-order valence-electron chi connectivity index (χ4n) is 0.825. The summed E-state index contributed by atoms with van der Waals surface area (Å²) in [5, 5.41) is 8.79. The first-order chi connectivity index (χ1) is 5.26. The normalized spacial score (nSPS) is 9.73. The average Bonchev–Trinajstić information content (AvgIpc) is 2.03. The number of halogens is 1. The highest BCUT2D eigenvalue weighted by molar-refractivity contribution is 9.10. The van der Waals surface area contributed by atoms with Crippen molar-refractivity contribution >= 4 is 21.6 Å². The summed E-state index contributed by atoms with van der Waals surface area (Å²) in [6.45, 7) is 0.0219. The summed E-state index contributed by atoms with van der Waals surface area (Å²) in [5.74, 6) is 5.19. The molecule has 0 amide bonds. The van der Waals surface area contributed by atoms with Crippen LogP contribution >= 0.6 is 15.9 Å². The van der Waals surface area contributed by atoms with Crippen LogP contribution in [-0.2, 0) is 6.61 Å². The van der Waals surface area contributed by atoms with Gasteiger partial charge in [-0.25, -0.2) is 0 Å². The molecule has 0 atom stereocenters. The van der Waals surface area contributed by atoms with Gasteiger partial charge in [0.15, 0.2) is 0 Å². The lowest BCUT2D eigenvalue weighted by Gasteiger charge is -2.02. The molecule has 0 aliphatic heterocycles. The van der Waals surface area contributed by atoms with E-state index in [2.05, 4.69) is 21.4 Å². The molecule has 0 aliphatic carbocycles. The van der Waals surface area contributed by atoms with E-state index < -0.39 is 0 Å². The number of hydrazine groups is 1. The van der Waals surface area contributed by atoms with Crippen LogP contribution in [0.15, 0.2) is 22.7 Å². The maximum absolute atomic E-state index is 8.79. The summed E-state index contributed by atoms with van der Waals surface area (Å²) < 4.78 is 0.900. The maximum Gasteiger partial charge on any atom is 0.0683 e. The quantitative estimate of drug-likeness (QED) is 0.515. The molecule has 60 valence electrons. The van der Waals surface area contributed by atoms with E-state index in [0.29, 0.717) is 0 Å². The molecule has 3 nitrogen and oxygen atoms in total. The zero-order valence-electron chi connectivity index (χ0n) is 5.84. The highest BCUT2D eigenvalue weighted by Gasteiger charge is 1.95. The van der Waals surface area contributed by atoms with Crippen LogP contribution in [0.2, 0.25) is 0 Å². The first-order valence-corrected chi connectivity index (χ1v) is 3.92. The second-order valence-electron chi connectivity index (χ2n) is 2.15. The van der Waals surface area contributed by atoms with E-state index in [-0.39, 0.29) is 6.61 Å². The molecule has 0 heterocycles. The van der Waals surface area contributed by atoms with Crippen molar-refractivity contribution in [3.8, 4) is 0 Å². The Kier molecular flexibility index (Phi) is 2.87. The van der Waals surface area contributed by atoms with Gasteiger partial charge in [-0.3, -0.25) is 5.84 Å². The number of hydrogen-bond acceptors (Lipinski definition) is 3. The third-order valence-electron chi connectivity index (χ3n) is 1.31.